The molecule has 1 aromatic heterocycles. The zero-order valence-electron chi connectivity index (χ0n) is 11.4. The van der Waals surface area contributed by atoms with Gasteiger partial charge in [0.15, 0.2) is 11.7 Å². The second-order valence-corrected chi connectivity index (χ2v) is 6.11. The third kappa shape index (κ3) is 2.30. The minimum absolute atomic E-state index is 0.0469. The van der Waals surface area contributed by atoms with E-state index in [4.69, 9.17) is 0 Å². The number of rotatable bonds is 3. The first kappa shape index (κ1) is 13.7. The molecule has 1 saturated heterocycles. The molecule has 0 aliphatic carbocycles. The minimum Gasteiger partial charge on any atom is -0.336 e. The van der Waals surface area contributed by atoms with Crippen LogP contribution in [0.4, 0.5) is 0 Å². The second-order valence-electron chi connectivity index (χ2n) is 5.04. The molecule has 0 saturated carbocycles. The monoisotopic (exact) mass is 299 g/mol. The quantitative estimate of drug-likeness (QED) is 0.870. The molecular weight excluding hydrogens is 286 g/mol. The summed E-state index contributed by atoms with van der Waals surface area (Å²) in [5.41, 5.74) is 0.793. The number of para-hydroxylation sites is 1. The Morgan fingerprint density at radius 1 is 1.52 bits per heavy atom. The van der Waals surface area contributed by atoms with E-state index in [1.807, 2.05) is 24.3 Å². The first-order valence-electron chi connectivity index (χ1n) is 6.66. The minimum atomic E-state index is -0.902. The highest BCUT2D eigenvalue weighted by Gasteiger charge is 2.38. The Labute approximate surface area is 125 Å². The van der Waals surface area contributed by atoms with Crippen molar-refractivity contribution in [1.29, 1.82) is 5.26 Å². The van der Waals surface area contributed by atoms with Gasteiger partial charge in [-0.05, 0) is 18.6 Å². The molecule has 0 spiro atoms. The van der Waals surface area contributed by atoms with Crippen LogP contribution in [0.25, 0.3) is 10.2 Å². The fourth-order valence-electron chi connectivity index (χ4n) is 2.58. The number of carbonyl (C=O) groups excluding carboxylic acids is 2. The van der Waals surface area contributed by atoms with E-state index < -0.39 is 12.0 Å². The smallest absolute Gasteiger partial charge is 0.223 e. The predicted octanol–water partition coefficient (Wildman–Crippen LogP) is 2.09. The van der Waals surface area contributed by atoms with Gasteiger partial charge in [-0.25, -0.2) is 4.98 Å². The normalized spacial score (nSPS) is 19.7. The maximum Gasteiger partial charge on any atom is 0.223 e. The van der Waals surface area contributed by atoms with Gasteiger partial charge in [-0.3, -0.25) is 9.59 Å². The summed E-state index contributed by atoms with van der Waals surface area (Å²) in [6.45, 7) is 0. The molecule has 0 unspecified atom stereocenters. The number of carbonyl (C=O) groups is 2. The highest BCUT2D eigenvalue weighted by molar-refractivity contribution is 7.18. The number of benzene rings is 1. The number of nitriles is 1. The molecule has 0 N–H and O–H groups in total. The van der Waals surface area contributed by atoms with Crippen molar-refractivity contribution in [2.75, 3.05) is 7.05 Å². The summed E-state index contributed by atoms with van der Waals surface area (Å²) in [6.07, 6.45) is 0.849. The van der Waals surface area contributed by atoms with E-state index in [-0.39, 0.29) is 11.7 Å². The van der Waals surface area contributed by atoms with Crippen molar-refractivity contribution in [2.45, 2.75) is 24.8 Å². The maximum atomic E-state index is 12.6. The van der Waals surface area contributed by atoms with Crippen LogP contribution in [-0.2, 0) is 9.59 Å². The Balaban J connectivity index is 1.93. The van der Waals surface area contributed by atoms with Crippen molar-refractivity contribution in [1.82, 2.24) is 9.88 Å². The van der Waals surface area contributed by atoms with E-state index in [0.29, 0.717) is 17.8 Å². The van der Waals surface area contributed by atoms with E-state index in [1.165, 1.54) is 16.2 Å². The van der Waals surface area contributed by atoms with Crippen LogP contribution in [0.5, 0.6) is 0 Å². The molecule has 1 aliphatic rings. The molecular formula is C15H13N3O2S. The van der Waals surface area contributed by atoms with E-state index in [1.54, 1.807) is 7.05 Å². The molecule has 2 aromatic rings. The number of thiazole rings is 1. The average molecular weight is 299 g/mol. The van der Waals surface area contributed by atoms with Crippen LogP contribution >= 0.6 is 11.3 Å². The number of hydrogen-bond acceptors (Lipinski definition) is 5. The molecule has 0 radical (unpaired) electrons. The van der Waals surface area contributed by atoms with Crippen LogP contribution in [0, 0.1) is 11.3 Å². The Bertz CT molecular complexity index is 729. The van der Waals surface area contributed by atoms with Gasteiger partial charge < -0.3 is 4.90 Å². The number of fused-ring (bicyclic) bond motifs is 1. The fourth-order valence-corrected chi connectivity index (χ4v) is 3.60. The second kappa shape index (κ2) is 5.26. The van der Waals surface area contributed by atoms with Gasteiger partial charge in [-0.15, -0.1) is 11.3 Å². The molecule has 1 aliphatic heterocycles. The van der Waals surface area contributed by atoms with Gasteiger partial charge in [-0.2, -0.15) is 5.26 Å². The van der Waals surface area contributed by atoms with Crippen molar-refractivity contribution in [3.05, 3.63) is 29.3 Å². The first-order valence-corrected chi connectivity index (χ1v) is 7.48. The van der Waals surface area contributed by atoms with Crippen LogP contribution in [0.3, 0.4) is 0 Å². The van der Waals surface area contributed by atoms with Gasteiger partial charge in [0, 0.05) is 13.5 Å². The van der Waals surface area contributed by atoms with Crippen molar-refractivity contribution in [3.8, 4) is 6.07 Å². The highest BCUT2D eigenvalue weighted by atomic mass is 32.1. The zero-order valence-corrected chi connectivity index (χ0v) is 12.3. The number of ketones is 1. The van der Waals surface area contributed by atoms with Crippen LogP contribution in [0.2, 0.25) is 0 Å². The van der Waals surface area contributed by atoms with Crippen molar-refractivity contribution < 1.29 is 9.59 Å². The summed E-state index contributed by atoms with van der Waals surface area (Å²) in [7, 11) is 1.62. The fraction of sp³-hybridized carbons (Fsp3) is 0.333. The summed E-state index contributed by atoms with van der Waals surface area (Å²) in [5, 5.41) is 9.89. The molecule has 0 bridgehead atoms. The van der Waals surface area contributed by atoms with Crippen LogP contribution in [-0.4, -0.2) is 34.7 Å². The lowest BCUT2D eigenvalue weighted by atomic mass is 9.98. The summed E-state index contributed by atoms with van der Waals surface area (Å²) < 4.78 is 0.955. The first-order chi connectivity index (χ1) is 10.1. The number of amides is 1. The Morgan fingerprint density at radius 3 is 2.90 bits per heavy atom. The lowest BCUT2D eigenvalue weighted by Crippen LogP contribution is -2.37. The molecule has 21 heavy (non-hydrogen) atoms. The lowest BCUT2D eigenvalue weighted by Gasteiger charge is -2.19. The highest BCUT2D eigenvalue weighted by Crippen LogP contribution is 2.30. The Hall–Kier alpha value is -2.26. The number of likely N-dealkylation sites (N-methyl/N-ethyl adjacent to an activating group) is 1. The average Bonchev–Trinajstić information content (AvgIpc) is 3.04. The molecule has 1 amide bonds. The van der Waals surface area contributed by atoms with Gasteiger partial charge in [0.05, 0.1) is 22.3 Å². The molecule has 1 fully saturated rings. The summed E-state index contributed by atoms with van der Waals surface area (Å²) >= 11 is 1.36. The molecule has 2 heterocycles. The van der Waals surface area contributed by atoms with E-state index in [2.05, 4.69) is 11.1 Å². The van der Waals surface area contributed by atoms with Gasteiger partial charge >= 0.3 is 0 Å². The van der Waals surface area contributed by atoms with E-state index in [9.17, 15) is 14.9 Å². The number of Topliss-reactive ketones (excluding diaryl/α,β-unsaturated/α-hetero) is 1. The molecule has 3 rings (SSSR count). The predicted molar refractivity (Wildman–Crippen MR) is 78.8 cm³/mol. The third-order valence-corrected chi connectivity index (χ3v) is 4.89. The van der Waals surface area contributed by atoms with Crippen LogP contribution in [0.1, 0.15) is 23.8 Å². The molecule has 5 nitrogen and oxygen atoms in total. The lowest BCUT2D eigenvalue weighted by molar-refractivity contribution is -0.133. The molecule has 6 heteroatoms. The maximum absolute atomic E-state index is 12.6. The van der Waals surface area contributed by atoms with Gasteiger partial charge in [0.2, 0.25) is 5.91 Å². The summed E-state index contributed by atoms with van der Waals surface area (Å²) in [4.78, 5) is 30.0. The third-order valence-electron chi connectivity index (χ3n) is 3.79. The topological polar surface area (TPSA) is 74.1 Å². The van der Waals surface area contributed by atoms with Crippen molar-refractivity contribution in [3.63, 3.8) is 0 Å². The molecule has 1 aromatic carbocycles. The summed E-state index contributed by atoms with van der Waals surface area (Å²) in [5.74, 6) is -1.18. The molecule has 2 atom stereocenters. The zero-order chi connectivity index (χ0) is 15.0. The van der Waals surface area contributed by atoms with E-state index >= 15 is 0 Å². The molecule has 106 valence electrons. The number of likely N-dealkylation sites (tertiary alicyclic amines) is 1. The van der Waals surface area contributed by atoms with Crippen molar-refractivity contribution >= 4 is 33.2 Å². The SMILES string of the molecule is CN1C(=O)CC[C@H]1C(=O)[C@@H](C#N)c1nc2ccccc2s1. The number of aromatic nitrogens is 1. The van der Waals surface area contributed by atoms with Crippen molar-refractivity contribution in [2.24, 2.45) is 0 Å². The van der Waals surface area contributed by atoms with Gasteiger partial charge in [0.1, 0.15) is 5.01 Å². The van der Waals surface area contributed by atoms with Gasteiger partial charge in [-0.1, -0.05) is 12.1 Å². The Morgan fingerprint density at radius 2 is 2.29 bits per heavy atom. The standard InChI is InChI=1S/C15H13N3O2S/c1-18-11(6-7-13(18)19)14(20)9(8-16)15-17-10-4-2-3-5-12(10)21-15/h2-5,9,11H,6-7H2,1H3/t9-,11+/m1/s1. The number of nitrogens with zero attached hydrogens (tertiary/aromatic N) is 3. The van der Waals surface area contributed by atoms with Crippen LogP contribution < -0.4 is 0 Å². The summed E-state index contributed by atoms with van der Waals surface area (Å²) in [6, 6.07) is 9.10. The van der Waals surface area contributed by atoms with Crippen LogP contribution in [0.15, 0.2) is 24.3 Å². The Kier molecular flexibility index (Phi) is 3.43. The largest absolute Gasteiger partial charge is 0.336 e. The number of hydrogen-bond donors (Lipinski definition) is 0. The van der Waals surface area contributed by atoms with E-state index in [0.717, 1.165) is 10.2 Å². The van der Waals surface area contributed by atoms with Gasteiger partial charge in [0.25, 0.3) is 0 Å².